The Morgan fingerprint density at radius 1 is 1.40 bits per heavy atom. The van der Waals surface area contributed by atoms with Crippen molar-refractivity contribution in [3.63, 3.8) is 0 Å². The van der Waals surface area contributed by atoms with Crippen molar-refractivity contribution in [1.82, 2.24) is 9.55 Å². The van der Waals surface area contributed by atoms with Gasteiger partial charge in [-0.2, -0.15) is 0 Å². The van der Waals surface area contributed by atoms with E-state index in [9.17, 15) is 0 Å². The summed E-state index contributed by atoms with van der Waals surface area (Å²) in [6.07, 6.45) is 8.69. The number of nitrogens with zero attached hydrogens (tertiary/aromatic N) is 2. The van der Waals surface area contributed by atoms with Crippen molar-refractivity contribution in [1.29, 1.82) is 0 Å². The number of ether oxygens (including phenoxy) is 1. The van der Waals surface area contributed by atoms with Crippen LogP contribution < -0.4 is 5.32 Å². The molecule has 20 heavy (non-hydrogen) atoms. The monoisotopic (exact) mass is 279 g/mol. The quantitative estimate of drug-likeness (QED) is 0.777. The number of methoxy groups -OCH3 is 1. The summed E-state index contributed by atoms with van der Waals surface area (Å²) in [6.45, 7) is 7.28. The third kappa shape index (κ3) is 4.23. The van der Waals surface area contributed by atoms with Crippen LogP contribution in [0.3, 0.4) is 0 Å². The highest BCUT2D eigenvalue weighted by atomic mass is 16.5. The van der Waals surface area contributed by atoms with E-state index in [2.05, 4.69) is 34.9 Å². The maximum Gasteiger partial charge on any atom is 0.203 e. The van der Waals surface area contributed by atoms with Crippen LogP contribution in [0, 0.1) is 18.8 Å². The molecule has 0 bridgehead atoms. The molecule has 114 valence electrons. The first-order valence-electron chi connectivity index (χ1n) is 7.97. The molecule has 0 amide bonds. The van der Waals surface area contributed by atoms with Crippen molar-refractivity contribution >= 4 is 5.95 Å². The normalized spacial score (nSPS) is 22.9. The summed E-state index contributed by atoms with van der Waals surface area (Å²) in [5, 5.41) is 3.57. The summed E-state index contributed by atoms with van der Waals surface area (Å²) in [5.74, 6) is 2.67. The Balaban J connectivity index is 1.87. The largest absolute Gasteiger partial charge is 0.385 e. The standard InChI is InChI=1S/C16H29N3O/c1-13-7-4-5-8-15(13)11-17-16-18-14(2)12-19(16)9-6-10-20-3/h12-13,15H,4-11H2,1-3H3,(H,17,18). The van der Waals surface area contributed by atoms with Gasteiger partial charge in [-0.3, -0.25) is 0 Å². The van der Waals surface area contributed by atoms with Crippen molar-refractivity contribution in [2.45, 2.75) is 52.5 Å². The third-order valence-corrected chi connectivity index (χ3v) is 4.46. The topological polar surface area (TPSA) is 39.1 Å². The number of anilines is 1. The first-order valence-corrected chi connectivity index (χ1v) is 7.97. The molecule has 0 aliphatic heterocycles. The van der Waals surface area contributed by atoms with E-state index in [1.807, 2.05) is 0 Å². The third-order valence-electron chi connectivity index (χ3n) is 4.46. The lowest BCUT2D eigenvalue weighted by Crippen LogP contribution is -2.25. The maximum absolute atomic E-state index is 5.13. The van der Waals surface area contributed by atoms with E-state index in [-0.39, 0.29) is 0 Å². The molecule has 1 aliphatic rings. The SMILES string of the molecule is COCCCn1cc(C)nc1NCC1CCCCC1C. The van der Waals surface area contributed by atoms with E-state index in [0.29, 0.717) is 0 Å². The average Bonchev–Trinajstić information content (AvgIpc) is 2.78. The number of hydrogen-bond acceptors (Lipinski definition) is 3. The van der Waals surface area contributed by atoms with Crippen LogP contribution in [0.25, 0.3) is 0 Å². The molecule has 1 aromatic heterocycles. The molecule has 1 aromatic rings. The zero-order valence-electron chi connectivity index (χ0n) is 13.2. The highest BCUT2D eigenvalue weighted by molar-refractivity contribution is 5.28. The van der Waals surface area contributed by atoms with Crippen LogP contribution in [0.2, 0.25) is 0 Å². The second-order valence-corrected chi connectivity index (χ2v) is 6.15. The molecule has 0 aromatic carbocycles. The molecule has 0 radical (unpaired) electrons. The van der Waals surface area contributed by atoms with Gasteiger partial charge < -0.3 is 14.6 Å². The summed E-state index contributed by atoms with van der Waals surface area (Å²) in [7, 11) is 1.75. The number of aryl methyl sites for hydroxylation is 2. The van der Waals surface area contributed by atoms with E-state index >= 15 is 0 Å². The summed E-state index contributed by atoms with van der Waals surface area (Å²) in [6, 6.07) is 0. The molecule has 0 saturated heterocycles. The summed E-state index contributed by atoms with van der Waals surface area (Å²) >= 11 is 0. The van der Waals surface area contributed by atoms with E-state index in [1.54, 1.807) is 7.11 Å². The summed E-state index contributed by atoms with van der Waals surface area (Å²) in [5.41, 5.74) is 1.08. The fourth-order valence-corrected chi connectivity index (χ4v) is 3.16. The predicted octanol–water partition coefficient (Wildman–Crippen LogP) is 3.47. The molecule has 2 rings (SSSR count). The van der Waals surface area contributed by atoms with Gasteiger partial charge in [0.2, 0.25) is 5.95 Å². The van der Waals surface area contributed by atoms with Crippen LogP contribution in [-0.4, -0.2) is 29.8 Å². The second-order valence-electron chi connectivity index (χ2n) is 6.15. The molecule has 2 atom stereocenters. The Bertz CT molecular complexity index is 402. The van der Waals surface area contributed by atoms with Gasteiger partial charge in [0.1, 0.15) is 0 Å². The average molecular weight is 279 g/mol. The van der Waals surface area contributed by atoms with Crippen molar-refractivity contribution in [2.75, 3.05) is 25.6 Å². The fourth-order valence-electron chi connectivity index (χ4n) is 3.16. The van der Waals surface area contributed by atoms with Crippen LogP contribution in [0.1, 0.15) is 44.7 Å². The van der Waals surface area contributed by atoms with Crippen LogP contribution in [0.5, 0.6) is 0 Å². The van der Waals surface area contributed by atoms with Gasteiger partial charge in [-0.05, 0) is 31.6 Å². The van der Waals surface area contributed by atoms with Crippen LogP contribution >= 0.6 is 0 Å². The first-order chi connectivity index (χ1) is 9.70. The first kappa shape index (κ1) is 15.4. The number of aromatic nitrogens is 2. The predicted molar refractivity (Wildman–Crippen MR) is 83.1 cm³/mol. The zero-order valence-corrected chi connectivity index (χ0v) is 13.2. The molecular weight excluding hydrogens is 250 g/mol. The fraction of sp³-hybridized carbons (Fsp3) is 0.812. The van der Waals surface area contributed by atoms with Gasteiger partial charge >= 0.3 is 0 Å². The number of nitrogens with one attached hydrogen (secondary N) is 1. The smallest absolute Gasteiger partial charge is 0.203 e. The molecule has 4 heteroatoms. The van der Waals surface area contributed by atoms with Gasteiger partial charge in [0.05, 0.1) is 5.69 Å². The molecule has 1 fully saturated rings. The van der Waals surface area contributed by atoms with Gasteiger partial charge in [-0.1, -0.05) is 26.2 Å². The van der Waals surface area contributed by atoms with Crippen molar-refractivity contribution in [3.05, 3.63) is 11.9 Å². The Labute approximate surface area is 122 Å². The van der Waals surface area contributed by atoms with E-state index in [1.165, 1.54) is 25.7 Å². The molecule has 0 spiro atoms. The molecule has 1 aliphatic carbocycles. The van der Waals surface area contributed by atoms with Crippen molar-refractivity contribution in [3.8, 4) is 0 Å². The van der Waals surface area contributed by atoms with Crippen LogP contribution in [0.15, 0.2) is 6.20 Å². The Kier molecular flexibility index (Phi) is 5.89. The van der Waals surface area contributed by atoms with Crippen LogP contribution in [0.4, 0.5) is 5.95 Å². The van der Waals surface area contributed by atoms with E-state index < -0.39 is 0 Å². The van der Waals surface area contributed by atoms with Gasteiger partial charge in [0, 0.05) is 33.0 Å². The molecule has 1 heterocycles. The molecule has 2 unspecified atom stereocenters. The Morgan fingerprint density at radius 3 is 2.95 bits per heavy atom. The minimum absolute atomic E-state index is 0.799. The van der Waals surface area contributed by atoms with Gasteiger partial charge in [0.15, 0.2) is 0 Å². The Hall–Kier alpha value is -1.03. The lowest BCUT2D eigenvalue weighted by atomic mass is 9.80. The summed E-state index contributed by atoms with van der Waals surface area (Å²) < 4.78 is 7.35. The van der Waals surface area contributed by atoms with Crippen molar-refractivity contribution < 1.29 is 4.74 Å². The van der Waals surface area contributed by atoms with Gasteiger partial charge in [0.25, 0.3) is 0 Å². The lowest BCUT2D eigenvalue weighted by Gasteiger charge is -2.29. The molecule has 1 N–H and O–H groups in total. The number of imidazole rings is 1. The maximum atomic E-state index is 5.13. The van der Waals surface area contributed by atoms with E-state index in [0.717, 1.165) is 49.6 Å². The van der Waals surface area contributed by atoms with Crippen molar-refractivity contribution in [2.24, 2.45) is 11.8 Å². The highest BCUT2D eigenvalue weighted by Gasteiger charge is 2.21. The number of rotatable bonds is 7. The molecule has 4 nitrogen and oxygen atoms in total. The number of hydrogen-bond donors (Lipinski definition) is 1. The second kappa shape index (κ2) is 7.67. The summed E-state index contributed by atoms with van der Waals surface area (Å²) in [4.78, 5) is 4.61. The van der Waals surface area contributed by atoms with Crippen LogP contribution in [-0.2, 0) is 11.3 Å². The minimum atomic E-state index is 0.799. The lowest BCUT2D eigenvalue weighted by molar-refractivity contribution is 0.190. The highest BCUT2D eigenvalue weighted by Crippen LogP contribution is 2.29. The van der Waals surface area contributed by atoms with E-state index in [4.69, 9.17) is 4.74 Å². The molecular formula is C16H29N3O. The minimum Gasteiger partial charge on any atom is -0.385 e. The van der Waals surface area contributed by atoms with Gasteiger partial charge in [-0.25, -0.2) is 4.98 Å². The Morgan fingerprint density at radius 2 is 2.20 bits per heavy atom. The zero-order chi connectivity index (χ0) is 14.4. The van der Waals surface area contributed by atoms with Gasteiger partial charge in [-0.15, -0.1) is 0 Å². The molecule has 1 saturated carbocycles.